The van der Waals surface area contributed by atoms with Crippen LogP contribution >= 0.6 is 0 Å². The molecule has 3 heteroatoms. The second kappa shape index (κ2) is 7.21. The first-order valence-corrected chi connectivity index (χ1v) is 7.87. The zero-order valence-electron chi connectivity index (χ0n) is 13.5. The topological polar surface area (TPSA) is 39.1 Å². The molecule has 0 aliphatic rings. The molecular weight excluding hydrogens is 274 g/mol. The highest BCUT2D eigenvalue weighted by Crippen LogP contribution is 2.22. The van der Waals surface area contributed by atoms with E-state index in [1.165, 1.54) is 5.56 Å². The van der Waals surface area contributed by atoms with E-state index in [-0.39, 0.29) is 11.1 Å². The molecule has 22 heavy (non-hydrogen) atoms. The summed E-state index contributed by atoms with van der Waals surface area (Å²) < 4.78 is 1.72. The molecular formula is C19H23NO2. The average Bonchev–Trinajstić information content (AvgIpc) is 2.53. The molecule has 1 aromatic heterocycles. The predicted molar refractivity (Wildman–Crippen MR) is 90.5 cm³/mol. The van der Waals surface area contributed by atoms with Crippen molar-refractivity contribution in [1.82, 2.24) is 4.57 Å². The zero-order chi connectivity index (χ0) is 16.1. The maximum atomic E-state index is 12.4. The van der Waals surface area contributed by atoms with Crippen LogP contribution in [0.5, 0.6) is 0 Å². The van der Waals surface area contributed by atoms with Crippen LogP contribution in [0.2, 0.25) is 0 Å². The van der Waals surface area contributed by atoms with Crippen LogP contribution in [0, 0.1) is 0 Å². The summed E-state index contributed by atoms with van der Waals surface area (Å²) in [5.41, 5.74) is 3.18. The molecule has 1 aromatic carbocycles. The van der Waals surface area contributed by atoms with Gasteiger partial charge < -0.3 is 4.57 Å². The van der Waals surface area contributed by atoms with Gasteiger partial charge in [0.05, 0.1) is 11.3 Å². The van der Waals surface area contributed by atoms with Crippen molar-refractivity contribution < 1.29 is 4.79 Å². The Hall–Kier alpha value is -2.16. The van der Waals surface area contributed by atoms with Gasteiger partial charge >= 0.3 is 0 Å². The second-order valence-electron chi connectivity index (χ2n) is 5.88. The Morgan fingerprint density at radius 1 is 1.09 bits per heavy atom. The van der Waals surface area contributed by atoms with Crippen molar-refractivity contribution in [3.63, 3.8) is 0 Å². The van der Waals surface area contributed by atoms with Crippen LogP contribution in [-0.2, 0) is 6.54 Å². The molecule has 0 aliphatic heterocycles. The lowest BCUT2D eigenvalue weighted by molar-refractivity contribution is 0.112. The number of benzene rings is 1. The minimum absolute atomic E-state index is 0.200. The van der Waals surface area contributed by atoms with Gasteiger partial charge in [-0.2, -0.15) is 0 Å². The summed E-state index contributed by atoms with van der Waals surface area (Å²) in [6.07, 6.45) is 2.55. The SMILES string of the molecule is CCCCn1c(-c2ccc(C(C)C)cc2)ccc(C=O)c1=O. The maximum absolute atomic E-state index is 12.4. The molecule has 3 nitrogen and oxygen atoms in total. The smallest absolute Gasteiger partial charge is 0.261 e. The van der Waals surface area contributed by atoms with E-state index < -0.39 is 0 Å². The molecule has 0 atom stereocenters. The Balaban J connectivity index is 2.51. The standard InChI is InChI=1S/C19H23NO2/c1-4-5-12-20-18(11-10-17(13-21)19(20)22)16-8-6-15(7-9-16)14(2)3/h6-11,13-14H,4-5,12H2,1-3H3. The van der Waals surface area contributed by atoms with Crippen LogP contribution in [0.1, 0.15) is 55.5 Å². The van der Waals surface area contributed by atoms with Gasteiger partial charge in [0.1, 0.15) is 0 Å². The third kappa shape index (κ3) is 3.35. The molecule has 0 amide bonds. The fourth-order valence-corrected chi connectivity index (χ4v) is 2.51. The molecule has 2 aromatic rings. The second-order valence-corrected chi connectivity index (χ2v) is 5.88. The minimum atomic E-state index is -0.200. The van der Waals surface area contributed by atoms with Gasteiger partial charge in [-0.25, -0.2) is 0 Å². The number of carbonyl (C=O) groups excluding carboxylic acids is 1. The summed E-state index contributed by atoms with van der Waals surface area (Å²) >= 11 is 0. The summed E-state index contributed by atoms with van der Waals surface area (Å²) in [6, 6.07) is 11.8. The highest BCUT2D eigenvalue weighted by molar-refractivity contribution is 5.75. The van der Waals surface area contributed by atoms with Crippen molar-refractivity contribution >= 4 is 6.29 Å². The summed E-state index contributed by atoms with van der Waals surface area (Å²) in [5.74, 6) is 0.480. The molecule has 0 radical (unpaired) electrons. The lowest BCUT2D eigenvalue weighted by Crippen LogP contribution is -2.25. The highest BCUT2D eigenvalue weighted by atomic mass is 16.1. The van der Waals surface area contributed by atoms with Crippen LogP contribution < -0.4 is 5.56 Å². The molecule has 0 aliphatic carbocycles. The van der Waals surface area contributed by atoms with Crippen LogP contribution in [0.25, 0.3) is 11.3 Å². The van der Waals surface area contributed by atoms with Crippen LogP contribution in [0.15, 0.2) is 41.2 Å². The number of aldehydes is 1. The maximum Gasteiger partial charge on any atom is 0.261 e. The number of nitrogens with zero attached hydrogens (tertiary/aromatic N) is 1. The van der Waals surface area contributed by atoms with Crippen molar-refractivity contribution in [1.29, 1.82) is 0 Å². The van der Waals surface area contributed by atoms with Gasteiger partial charge in [-0.3, -0.25) is 9.59 Å². The minimum Gasteiger partial charge on any atom is -0.308 e. The van der Waals surface area contributed by atoms with Crippen molar-refractivity contribution in [2.75, 3.05) is 0 Å². The van der Waals surface area contributed by atoms with E-state index in [1.54, 1.807) is 10.6 Å². The first kappa shape index (κ1) is 16.2. The number of carbonyl (C=O) groups is 1. The highest BCUT2D eigenvalue weighted by Gasteiger charge is 2.10. The van der Waals surface area contributed by atoms with Gasteiger partial charge in [0.2, 0.25) is 0 Å². The Morgan fingerprint density at radius 2 is 1.77 bits per heavy atom. The van der Waals surface area contributed by atoms with Crippen LogP contribution in [0.3, 0.4) is 0 Å². The Kier molecular flexibility index (Phi) is 5.31. The molecule has 0 spiro atoms. The summed E-state index contributed by atoms with van der Waals surface area (Å²) in [7, 11) is 0. The van der Waals surface area contributed by atoms with Gasteiger partial charge in [-0.1, -0.05) is 51.5 Å². The number of aromatic nitrogens is 1. The molecule has 2 rings (SSSR count). The van der Waals surface area contributed by atoms with E-state index in [1.807, 2.05) is 18.2 Å². The van der Waals surface area contributed by atoms with E-state index in [0.717, 1.165) is 24.1 Å². The van der Waals surface area contributed by atoms with Gasteiger partial charge in [-0.15, -0.1) is 0 Å². The largest absolute Gasteiger partial charge is 0.308 e. The third-order valence-corrected chi connectivity index (χ3v) is 3.94. The zero-order valence-corrected chi connectivity index (χ0v) is 13.5. The fraction of sp³-hybridized carbons (Fsp3) is 0.368. The molecule has 0 bridgehead atoms. The van der Waals surface area contributed by atoms with E-state index in [9.17, 15) is 9.59 Å². The summed E-state index contributed by atoms with van der Waals surface area (Å²) in [6.45, 7) is 7.04. The monoisotopic (exact) mass is 297 g/mol. The number of hydrogen-bond donors (Lipinski definition) is 0. The first-order chi connectivity index (χ1) is 10.6. The van der Waals surface area contributed by atoms with E-state index in [4.69, 9.17) is 0 Å². The van der Waals surface area contributed by atoms with Crippen molar-refractivity contribution in [3.05, 3.63) is 57.9 Å². The van der Waals surface area contributed by atoms with E-state index in [0.29, 0.717) is 18.7 Å². The summed E-state index contributed by atoms with van der Waals surface area (Å²) in [5, 5.41) is 0. The quantitative estimate of drug-likeness (QED) is 0.748. The molecule has 1 heterocycles. The molecule has 0 saturated carbocycles. The predicted octanol–water partition coefficient (Wildman–Crippen LogP) is 4.25. The van der Waals surface area contributed by atoms with Crippen molar-refractivity contribution in [2.45, 2.75) is 46.1 Å². The molecule has 0 unspecified atom stereocenters. The fourth-order valence-electron chi connectivity index (χ4n) is 2.51. The Labute approximate surface area is 131 Å². The van der Waals surface area contributed by atoms with E-state index in [2.05, 4.69) is 32.9 Å². The molecule has 0 fully saturated rings. The van der Waals surface area contributed by atoms with Crippen molar-refractivity contribution in [2.24, 2.45) is 0 Å². The number of pyridine rings is 1. The van der Waals surface area contributed by atoms with Gasteiger partial charge in [0.25, 0.3) is 5.56 Å². The number of unbranched alkanes of at least 4 members (excludes halogenated alkanes) is 1. The van der Waals surface area contributed by atoms with Crippen LogP contribution in [-0.4, -0.2) is 10.9 Å². The lowest BCUT2D eigenvalue weighted by Gasteiger charge is -2.14. The lowest BCUT2D eigenvalue weighted by atomic mass is 10.0. The van der Waals surface area contributed by atoms with E-state index >= 15 is 0 Å². The van der Waals surface area contributed by atoms with Gasteiger partial charge in [0.15, 0.2) is 6.29 Å². The van der Waals surface area contributed by atoms with Gasteiger partial charge in [-0.05, 0) is 35.6 Å². The first-order valence-electron chi connectivity index (χ1n) is 7.87. The Morgan fingerprint density at radius 3 is 2.32 bits per heavy atom. The normalized spacial score (nSPS) is 10.9. The van der Waals surface area contributed by atoms with Crippen LogP contribution in [0.4, 0.5) is 0 Å². The Bertz CT molecular complexity index is 696. The molecule has 0 saturated heterocycles. The van der Waals surface area contributed by atoms with Gasteiger partial charge in [0, 0.05) is 6.54 Å². The number of rotatable bonds is 6. The number of hydrogen-bond acceptors (Lipinski definition) is 2. The summed E-state index contributed by atoms with van der Waals surface area (Å²) in [4.78, 5) is 23.4. The average molecular weight is 297 g/mol. The third-order valence-electron chi connectivity index (χ3n) is 3.94. The molecule has 116 valence electrons. The van der Waals surface area contributed by atoms with Crippen molar-refractivity contribution in [3.8, 4) is 11.3 Å². The molecule has 0 N–H and O–H groups in total.